The highest BCUT2D eigenvalue weighted by molar-refractivity contribution is 5.63. The van der Waals surface area contributed by atoms with Crippen LogP contribution >= 0.6 is 0 Å². The van der Waals surface area contributed by atoms with E-state index in [2.05, 4.69) is 11.1 Å². The lowest BCUT2D eigenvalue weighted by molar-refractivity contribution is 0.340. The molecule has 17 heavy (non-hydrogen) atoms. The van der Waals surface area contributed by atoms with Crippen molar-refractivity contribution in [2.45, 2.75) is 13.5 Å². The minimum atomic E-state index is 0.512. The molecule has 0 aliphatic rings. The Morgan fingerprint density at radius 2 is 1.88 bits per heavy atom. The molecule has 2 N–H and O–H groups in total. The first kappa shape index (κ1) is 11.6. The van der Waals surface area contributed by atoms with Gasteiger partial charge < -0.3 is 10.5 Å². The number of aromatic nitrogens is 1. The summed E-state index contributed by atoms with van der Waals surface area (Å²) in [5.74, 6) is 0.888. The average Bonchev–Trinajstić information content (AvgIpc) is 2.40. The second-order valence-corrected chi connectivity index (χ2v) is 3.74. The maximum atomic E-state index is 5.60. The van der Waals surface area contributed by atoms with Gasteiger partial charge in [0.25, 0.3) is 0 Å². The molecule has 0 radical (unpaired) electrons. The molecule has 0 saturated carbocycles. The van der Waals surface area contributed by atoms with E-state index in [4.69, 9.17) is 10.5 Å². The van der Waals surface area contributed by atoms with E-state index in [1.54, 1.807) is 6.20 Å². The van der Waals surface area contributed by atoms with E-state index in [0.717, 1.165) is 22.4 Å². The van der Waals surface area contributed by atoms with Gasteiger partial charge in [0.2, 0.25) is 0 Å². The summed E-state index contributed by atoms with van der Waals surface area (Å²) in [5.41, 5.74) is 8.84. The fourth-order valence-electron chi connectivity index (χ4n) is 1.67. The average molecular weight is 228 g/mol. The molecule has 0 saturated heterocycles. The number of nitrogens with zero attached hydrogens (tertiary/aromatic N) is 1. The Bertz CT molecular complexity index is 480. The van der Waals surface area contributed by atoms with E-state index < -0.39 is 0 Å². The summed E-state index contributed by atoms with van der Waals surface area (Å²) in [7, 11) is 0. The second-order valence-electron chi connectivity index (χ2n) is 3.74. The quantitative estimate of drug-likeness (QED) is 0.875. The molecule has 3 nitrogen and oxygen atoms in total. The van der Waals surface area contributed by atoms with E-state index in [0.29, 0.717) is 13.2 Å². The van der Waals surface area contributed by atoms with Gasteiger partial charge in [-0.3, -0.25) is 4.98 Å². The molecule has 0 amide bonds. The monoisotopic (exact) mass is 228 g/mol. The summed E-state index contributed by atoms with van der Waals surface area (Å²) in [4.78, 5) is 4.18. The van der Waals surface area contributed by atoms with E-state index in [9.17, 15) is 0 Å². The van der Waals surface area contributed by atoms with Crippen LogP contribution in [0, 0.1) is 0 Å². The lowest BCUT2D eigenvalue weighted by Crippen LogP contribution is -1.97. The van der Waals surface area contributed by atoms with Gasteiger partial charge in [-0.1, -0.05) is 12.1 Å². The molecule has 0 bridgehead atoms. The van der Waals surface area contributed by atoms with Gasteiger partial charge in [0.05, 0.1) is 6.61 Å². The van der Waals surface area contributed by atoms with Gasteiger partial charge in [-0.15, -0.1) is 0 Å². The molecular formula is C14H16N2O. The van der Waals surface area contributed by atoms with Crippen molar-refractivity contribution in [2.24, 2.45) is 5.73 Å². The summed E-state index contributed by atoms with van der Waals surface area (Å²) < 4.78 is 5.41. The molecule has 0 aliphatic heterocycles. The molecule has 88 valence electrons. The first-order valence-corrected chi connectivity index (χ1v) is 5.70. The SMILES string of the molecule is CCOc1ccc(-c2cncc(CN)c2)cc1. The van der Waals surface area contributed by atoms with Crippen LogP contribution in [-0.4, -0.2) is 11.6 Å². The predicted molar refractivity (Wildman–Crippen MR) is 68.7 cm³/mol. The molecular weight excluding hydrogens is 212 g/mol. The number of hydrogen-bond acceptors (Lipinski definition) is 3. The van der Waals surface area contributed by atoms with E-state index in [1.165, 1.54) is 0 Å². The molecule has 0 spiro atoms. The summed E-state index contributed by atoms with van der Waals surface area (Å²) >= 11 is 0. The van der Waals surface area contributed by atoms with E-state index in [1.807, 2.05) is 37.4 Å². The molecule has 1 aromatic heterocycles. The molecule has 0 unspecified atom stereocenters. The third kappa shape index (κ3) is 2.82. The number of rotatable bonds is 4. The highest BCUT2D eigenvalue weighted by atomic mass is 16.5. The van der Waals surface area contributed by atoms with Gasteiger partial charge >= 0.3 is 0 Å². The van der Waals surface area contributed by atoms with Crippen LogP contribution in [0.3, 0.4) is 0 Å². The number of hydrogen-bond donors (Lipinski definition) is 1. The lowest BCUT2D eigenvalue weighted by Gasteiger charge is -2.06. The second kappa shape index (κ2) is 5.46. The minimum Gasteiger partial charge on any atom is -0.494 e. The fourth-order valence-corrected chi connectivity index (χ4v) is 1.67. The van der Waals surface area contributed by atoms with Crippen LogP contribution in [0.15, 0.2) is 42.7 Å². The number of ether oxygens (including phenoxy) is 1. The molecule has 3 heteroatoms. The van der Waals surface area contributed by atoms with Crippen molar-refractivity contribution in [1.82, 2.24) is 4.98 Å². The van der Waals surface area contributed by atoms with Crippen LogP contribution in [0.5, 0.6) is 5.75 Å². The van der Waals surface area contributed by atoms with Crippen molar-refractivity contribution in [2.75, 3.05) is 6.61 Å². The van der Waals surface area contributed by atoms with Crippen LogP contribution in [0.25, 0.3) is 11.1 Å². The molecule has 0 atom stereocenters. The van der Waals surface area contributed by atoms with Crippen LogP contribution in [0.4, 0.5) is 0 Å². The third-order valence-corrected chi connectivity index (χ3v) is 2.53. The summed E-state index contributed by atoms with van der Waals surface area (Å²) in [6.07, 6.45) is 3.63. The van der Waals surface area contributed by atoms with Gasteiger partial charge in [0.1, 0.15) is 5.75 Å². The maximum Gasteiger partial charge on any atom is 0.119 e. The zero-order chi connectivity index (χ0) is 12.1. The van der Waals surface area contributed by atoms with Gasteiger partial charge in [-0.25, -0.2) is 0 Å². The molecule has 1 heterocycles. The zero-order valence-electron chi connectivity index (χ0n) is 9.89. The van der Waals surface area contributed by atoms with Gasteiger partial charge in [-0.05, 0) is 36.2 Å². The Balaban J connectivity index is 2.26. The van der Waals surface area contributed by atoms with E-state index >= 15 is 0 Å². The topological polar surface area (TPSA) is 48.1 Å². The molecule has 2 aromatic rings. The van der Waals surface area contributed by atoms with E-state index in [-0.39, 0.29) is 0 Å². The number of benzene rings is 1. The Kier molecular flexibility index (Phi) is 3.73. The van der Waals surface area contributed by atoms with Crippen LogP contribution < -0.4 is 10.5 Å². The maximum absolute atomic E-state index is 5.60. The Labute approximate surface area is 101 Å². The smallest absolute Gasteiger partial charge is 0.119 e. The fraction of sp³-hybridized carbons (Fsp3) is 0.214. The molecule has 0 fully saturated rings. The van der Waals surface area contributed by atoms with Gasteiger partial charge in [0.15, 0.2) is 0 Å². The van der Waals surface area contributed by atoms with Crippen molar-refractivity contribution < 1.29 is 4.74 Å². The Morgan fingerprint density at radius 3 is 2.53 bits per heavy atom. The first-order valence-electron chi connectivity index (χ1n) is 5.70. The summed E-state index contributed by atoms with van der Waals surface area (Å²) in [6.45, 7) is 3.17. The Hall–Kier alpha value is -1.87. The number of nitrogens with two attached hydrogens (primary N) is 1. The van der Waals surface area contributed by atoms with Crippen molar-refractivity contribution >= 4 is 0 Å². The normalized spacial score (nSPS) is 10.2. The standard InChI is InChI=1S/C14H16N2O/c1-2-17-14-5-3-12(4-6-14)13-7-11(8-15)9-16-10-13/h3-7,9-10H,2,8,15H2,1H3. The highest BCUT2D eigenvalue weighted by Gasteiger charge is 2.00. The van der Waals surface area contributed by atoms with Crippen molar-refractivity contribution in [3.05, 3.63) is 48.3 Å². The van der Waals surface area contributed by atoms with Crippen molar-refractivity contribution in [3.8, 4) is 16.9 Å². The van der Waals surface area contributed by atoms with Crippen LogP contribution in [-0.2, 0) is 6.54 Å². The van der Waals surface area contributed by atoms with Gasteiger partial charge in [0, 0.05) is 24.5 Å². The minimum absolute atomic E-state index is 0.512. The number of pyridine rings is 1. The molecule has 2 rings (SSSR count). The van der Waals surface area contributed by atoms with Crippen molar-refractivity contribution in [1.29, 1.82) is 0 Å². The van der Waals surface area contributed by atoms with Crippen LogP contribution in [0.1, 0.15) is 12.5 Å². The predicted octanol–water partition coefficient (Wildman–Crippen LogP) is 2.61. The largest absolute Gasteiger partial charge is 0.494 e. The van der Waals surface area contributed by atoms with Crippen LogP contribution in [0.2, 0.25) is 0 Å². The lowest BCUT2D eigenvalue weighted by atomic mass is 10.1. The zero-order valence-corrected chi connectivity index (χ0v) is 9.89. The van der Waals surface area contributed by atoms with Gasteiger partial charge in [-0.2, -0.15) is 0 Å². The molecule has 1 aromatic carbocycles. The first-order chi connectivity index (χ1) is 8.33. The molecule has 0 aliphatic carbocycles. The highest BCUT2D eigenvalue weighted by Crippen LogP contribution is 2.22. The third-order valence-electron chi connectivity index (χ3n) is 2.53. The Morgan fingerprint density at radius 1 is 1.12 bits per heavy atom. The van der Waals surface area contributed by atoms with Crippen molar-refractivity contribution in [3.63, 3.8) is 0 Å². The summed E-state index contributed by atoms with van der Waals surface area (Å²) in [6, 6.07) is 10.1. The summed E-state index contributed by atoms with van der Waals surface area (Å²) in [5, 5.41) is 0.